The van der Waals surface area contributed by atoms with Crippen LogP contribution in [-0.2, 0) is 0 Å². The van der Waals surface area contributed by atoms with E-state index >= 15 is 0 Å². The van der Waals surface area contributed by atoms with Crippen molar-refractivity contribution in [2.75, 3.05) is 17.2 Å². The van der Waals surface area contributed by atoms with E-state index in [1.807, 2.05) is 32.0 Å². The molecule has 0 aliphatic rings. The van der Waals surface area contributed by atoms with Gasteiger partial charge in [-0.15, -0.1) is 6.58 Å². The van der Waals surface area contributed by atoms with E-state index in [9.17, 15) is 4.79 Å². The van der Waals surface area contributed by atoms with E-state index in [0.717, 1.165) is 16.8 Å². The highest BCUT2D eigenvalue weighted by Crippen LogP contribution is 2.17. The third-order valence-corrected chi connectivity index (χ3v) is 3.13. The zero-order valence-electron chi connectivity index (χ0n) is 13.1. The summed E-state index contributed by atoms with van der Waals surface area (Å²) in [5.74, 6) is 0.900. The Morgan fingerprint density at radius 1 is 1.23 bits per heavy atom. The lowest BCUT2D eigenvalue weighted by Gasteiger charge is -2.10. The van der Waals surface area contributed by atoms with Crippen molar-refractivity contribution >= 4 is 17.4 Å². The van der Waals surface area contributed by atoms with Crippen LogP contribution in [0, 0.1) is 20.8 Å². The Balaban J connectivity index is 2.21. The highest BCUT2D eigenvalue weighted by Gasteiger charge is 2.11. The largest absolute Gasteiger partial charge is 0.366 e. The molecular formula is C17H20N4O. The summed E-state index contributed by atoms with van der Waals surface area (Å²) in [6, 6.07) is 7.52. The third-order valence-electron chi connectivity index (χ3n) is 3.13. The van der Waals surface area contributed by atoms with Crippen LogP contribution >= 0.6 is 0 Å². The first-order valence-corrected chi connectivity index (χ1v) is 7.08. The van der Waals surface area contributed by atoms with Gasteiger partial charge in [-0.25, -0.2) is 9.97 Å². The van der Waals surface area contributed by atoms with E-state index in [1.54, 1.807) is 19.1 Å². The van der Waals surface area contributed by atoms with E-state index < -0.39 is 0 Å². The van der Waals surface area contributed by atoms with Crippen molar-refractivity contribution in [1.29, 1.82) is 0 Å². The molecular weight excluding hydrogens is 276 g/mol. The summed E-state index contributed by atoms with van der Waals surface area (Å²) in [7, 11) is 0. The molecule has 114 valence electrons. The number of benzene rings is 1. The van der Waals surface area contributed by atoms with Gasteiger partial charge in [-0.1, -0.05) is 23.8 Å². The molecule has 0 spiro atoms. The normalized spacial score (nSPS) is 10.1. The number of carbonyl (C=O) groups excluding carboxylic acids is 1. The average Bonchev–Trinajstić information content (AvgIpc) is 2.47. The Morgan fingerprint density at radius 2 is 2.00 bits per heavy atom. The van der Waals surface area contributed by atoms with E-state index in [1.165, 1.54) is 0 Å². The van der Waals surface area contributed by atoms with Gasteiger partial charge in [0, 0.05) is 18.3 Å². The van der Waals surface area contributed by atoms with Crippen LogP contribution < -0.4 is 10.6 Å². The highest BCUT2D eigenvalue weighted by atomic mass is 16.1. The number of nitrogens with zero attached hydrogens (tertiary/aromatic N) is 2. The third kappa shape index (κ3) is 3.91. The van der Waals surface area contributed by atoms with Crippen molar-refractivity contribution < 1.29 is 4.79 Å². The maximum atomic E-state index is 12.4. The molecule has 1 aromatic carbocycles. The standard InChI is InChI=1S/C17H20N4O/c1-5-8-18-16-10-15(19-13(4)20-16)17(22)21-14-7-6-11(2)9-12(14)3/h5-7,9-10H,1,8H2,2-4H3,(H,21,22)(H,18,19,20). The number of rotatable bonds is 5. The van der Waals surface area contributed by atoms with Crippen molar-refractivity contribution in [3.63, 3.8) is 0 Å². The van der Waals surface area contributed by atoms with E-state index in [4.69, 9.17) is 0 Å². The lowest BCUT2D eigenvalue weighted by Crippen LogP contribution is -2.16. The van der Waals surface area contributed by atoms with Crippen LogP contribution in [0.2, 0.25) is 0 Å². The maximum Gasteiger partial charge on any atom is 0.274 e. The molecule has 0 fully saturated rings. The Morgan fingerprint density at radius 3 is 2.68 bits per heavy atom. The van der Waals surface area contributed by atoms with Crippen LogP contribution in [0.4, 0.5) is 11.5 Å². The SMILES string of the molecule is C=CCNc1cc(C(=O)Nc2ccc(C)cc2C)nc(C)n1. The van der Waals surface area contributed by atoms with Crippen molar-refractivity contribution in [3.05, 3.63) is 59.6 Å². The zero-order chi connectivity index (χ0) is 16.1. The molecule has 0 aliphatic carbocycles. The number of nitrogens with one attached hydrogen (secondary N) is 2. The van der Waals surface area contributed by atoms with E-state index in [-0.39, 0.29) is 5.91 Å². The molecule has 2 aromatic rings. The number of carbonyl (C=O) groups is 1. The number of aryl methyl sites for hydroxylation is 3. The van der Waals surface area contributed by atoms with Gasteiger partial charge in [-0.2, -0.15) is 0 Å². The number of anilines is 2. The Labute approximate surface area is 130 Å². The Kier molecular flexibility index (Phi) is 4.88. The topological polar surface area (TPSA) is 66.9 Å². The van der Waals surface area contributed by atoms with E-state index in [2.05, 4.69) is 27.2 Å². The van der Waals surface area contributed by atoms with Gasteiger partial charge in [0.2, 0.25) is 0 Å². The molecule has 1 aromatic heterocycles. The van der Waals surface area contributed by atoms with Gasteiger partial charge in [-0.3, -0.25) is 4.79 Å². The fourth-order valence-electron chi connectivity index (χ4n) is 2.09. The van der Waals surface area contributed by atoms with Crippen LogP contribution in [0.15, 0.2) is 36.9 Å². The fourth-order valence-corrected chi connectivity index (χ4v) is 2.09. The number of hydrogen-bond donors (Lipinski definition) is 2. The average molecular weight is 296 g/mol. The molecule has 0 saturated heterocycles. The molecule has 0 unspecified atom stereocenters. The minimum Gasteiger partial charge on any atom is -0.366 e. The molecule has 0 bridgehead atoms. The lowest BCUT2D eigenvalue weighted by molar-refractivity contribution is 0.102. The van der Waals surface area contributed by atoms with Gasteiger partial charge < -0.3 is 10.6 Å². The monoisotopic (exact) mass is 296 g/mol. The highest BCUT2D eigenvalue weighted by molar-refractivity contribution is 6.03. The molecule has 2 N–H and O–H groups in total. The first-order valence-electron chi connectivity index (χ1n) is 7.08. The van der Waals surface area contributed by atoms with Gasteiger partial charge in [-0.05, 0) is 32.4 Å². The summed E-state index contributed by atoms with van der Waals surface area (Å²) in [6.07, 6.45) is 1.73. The Hall–Kier alpha value is -2.69. The van der Waals surface area contributed by atoms with Gasteiger partial charge in [0.1, 0.15) is 17.3 Å². The van der Waals surface area contributed by atoms with Crippen molar-refractivity contribution in [3.8, 4) is 0 Å². The maximum absolute atomic E-state index is 12.4. The molecule has 0 aliphatic heterocycles. The molecule has 5 heteroatoms. The fraction of sp³-hybridized carbons (Fsp3) is 0.235. The predicted octanol–water partition coefficient (Wildman–Crippen LogP) is 3.25. The molecule has 1 amide bonds. The summed E-state index contributed by atoms with van der Waals surface area (Å²) in [6.45, 7) is 9.96. The second kappa shape index (κ2) is 6.85. The molecule has 22 heavy (non-hydrogen) atoms. The zero-order valence-corrected chi connectivity index (χ0v) is 13.1. The predicted molar refractivity (Wildman–Crippen MR) is 89.3 cm³/mol. The van der Waals surface area contributed by atoms with Crippen LogP contribution in [0.1, 0.15) is 27.4 Å². The summed E-state index contributed by atoms with van der Waals surface area (Å²) in [5, 5.41) is 5.95. The second-order valence-corrected chi connectivity index (χ2v) is 5.13. The first-order chi connectivity index (χ1) is 10.5. The first kappa shape index (κ1) is 15.7. The minimum absolute atomic E-state index is 0.251. The van der Waals surface area contributed by atoms with Crippen molar-refractivity contribution in [1.82, 2.24) is 9.97 Å². The number of amides is 1. The van der Waals surface area contributed by atoms with Crippen LogP contribution in [-0.4, -0.2) is 22.4 Å². The minimum atomic E-state index is -0.251. The van der Waals surface area contributed by atoms with Gasteiger partial charge in [0.15, 0.2) is 0 Å². The molecule has 0 atom stereocenters. The van der Waals surface area contributed by atoms with Crippen LogP contribution in [0.3, 0.4) is 0 Å². The summed E-state index contributed by atoms with van der Waals surface area (Å²) in [4.78, 5) is 20.8. The molecule has 0 radical (unpaired) electrons. The quantitative estimate of drug-likeness (QED) is 0.831. The van der Waals surface area contributed by atoms with Crippen LogP contribution in [0.5, 0.6) is 0 Å². The second-order valence-electron chi connectivity index (χ2n) is 5.13. The smallest absolute Gasteiger partial charge is 0.274 e. The summed E-state index contributed by atoms with van der Waals surface area (Å²) < 4.78 is 0. The molecule has 2 rings (SSSR count). The summed E-state index contributed by atoms with van der Waals surface area (Å²) in [5.41, 5.74) is 3.29. The van der Waals surface area contributed by atoms with Crippen LogP contribution in [0.25, 0.3) is 0 Å². The van der Waals surface area contributed by atoms with E-state index in [0.29, 0.717) is 23.9 Å². The van der Waals surface area contributed by atoms with Gasteiger partial charge in [0.05, 0.1) is 0 Å². The molecule has 1 heterocycles. The molecule has 5 nitrogen and oxygen atoms in total. The number of aromatic nitrogens is 2. The number of hydrogen-bond acceptors (Lipinski definition) is 4. The van der Waals surface area contributed by atoms with Crippen molar-refractivity contribution in [2.24, 2.45) is 0 Å². The molecule has 0 saturated carbocycles. The van der Waals surface area contributed by atoms with Gasteiger partial charge >= 0.3 is 0 Å². The van der Waals surface area contributed by atoms with Crippen molar-refractivity contribution in [2.45, 2.75) is 20.8 Å². The Bertz CT molecular complexity index is 710. The van der Waals surface area contributed by atoms with Gasteiger partial charge in [0.25, 0.3) is 5.91 Å². The summed E-state index contributed by atoms with van der Waals surface area (Å²) >= 11 is 0. The lowest BCUT2D eigenvalue weighted by atomic mass is 10.1.